The Balaban J connectivity index is 1.57. The molecule has 2 aromatic rings. The summed E-state index contributed by atoms with van der Waals surface area (Å²) in [7, 11) is 1.44. The number of methoxy groups -OCH3 is 1. The lowest BCUT2D eigenvalue weighted by molar-refractivity contribution is -0.137. The number of hydrogen-bond donors (Lipinski definition) is 0. The maximum atomic E-state index is 12.9. The van der Waals surface area contributed by atoms with Crippen molar-refractivity contribution in [3.8, 4) is 11.5 Å². The number of carbonyl (C=O) groups is 2. The van der Waals surface area contributed by atoms with Crippen LogP contribution in [0.1, 0.15) is 15.9 Å². The lowest BCUT2D eigenvalue weighted by Gasteiger charge is -2.26. The highest BCUT2D eigenvalue weighted by molar-refractivity contribution is 5.90. The molecule has 3 rings (SSSR count). The van der Waals surface area contributed by atoms with Crippen LogP contribution in [0, 0.1) is 5.82 Å². The van der Waals surface area contributed by atoms with Gasteiger partial charge >= 0.3 is 5.97 Å². The van der Waals surface area contributed by atoms with Gasteiger partial charge in [0.15, 0.2) is 18.1 Å². The Labute approximate surface area is 167 Å². The molecule has 1 heterocycles. The average Bonchev–Trinajstić information content (AvgIpc) is 2.77. The first-order chi connectivity index (χ1) is 14.1. The molecule has 0 saturated carbocycles. The molecule has 0 unspecified atom stereocenters. The minimum Gasteiger partial charge on any atom is -0.493 e. The van der Waals surface area contributed by atoms with E-state index in [0.717, 1.165) is 0 Å². The highest BCUT2D eigenvalue weighted by atomic mass is 19.1. The molecule has 1 aliphatic heterocycles. The first-order valence-corrected chi connectivity index (χ1v) is 9.15. The highest BCUT2D eigenvalue weighted by Crippen LogP contribution is 2.28. The molecule has 154 valence electrons. The van der Waals surface area contributed by atoms with E-state index in [1.165, 1.54) is 31.4 Å². The molecule has 29 heavy (non-hydrogen) atoms. The van der Waals surface area contributed by atoms with Gasteiger partial charge < -0.3 is 23.8 Å². The largest absolute Gasteiger partial charge is 0.493 e. The van der Waals surface area contributed by atoms with Gasteiger partial charge in [-0.3, -0.25) is 4.79 Å². The third-order valence-electron chi connectivity index (χ3n) is 4.40. The number of halogens is 1. The fraction of sp³-hybridized carbons (Fsp3) is 0.333. The van der Waals surface area contributed by atoms with E-state index in [1.54, 1.807) is 23.1 Å². The van der Waals surface area contributed by atoms with E-state index in [1.807, 2.05) is 0 Å². The van der Waals surface area contributed by atoms with Gasteiger partial charge in [0.2, 0.25) is 0 Å². The van der Waals surface area contributed by atoms with Crippen LogP contribution in [0.2, 0.25) is 0 Å². The van der Waals surface area contributed by atoms with Gasteiger partial charge in [-0.25, -0.2) is 9.18 Å². The predicted octanol–water partition coefficient (Wildman–Crippen LogP) is 2.43. The van der Waals surface area contributed by atoms with E-state index in [-0.39, 0.29) is 30.5 Å². The Morgan fingerprint density at radius 3 is 2.48 bits per heavy atom. The average molecular weight is 403 g/mol. The number of ether oxygens (including phenoxy) is 4. The molecule has 8 heteroatoms. The summed E-state index contributed by atoms with van der Waals surface area (Å²) in [6, 6.07) is 10.3. The van der Waals surface area contributed by atoms with Crippen LogP contribution in [0.3, 0.4) is 0 Å². The summed E-state index contributed by atoms with van der Waals surface area (Å²) in [5.74, 6) is -0.380. The predicted molar refractivity (Wildman–Crippen MR) is 101 cm³/mol. The Hall–Kier alpha value is -3.13. The van der Waals surface area contributed by atoms with Crippen LogP contribution in [0.15, 0.2) is 42.5 Å². The second-order valence-electron chi connectivity index (χ2n) is 6.35. The van der Waals surface area contributed by atoms with Gasteiger partial charge in [0.1, 0.15) is 12.4 Å². The van der Waals surface area contributed by atoms with Crippen molar-refractivity contribution in [1.29, 1.82) is 0 Å². The highest BCUT2D eigenvalue weighted by Gasteiger charge is 2.19. The molecule has 1 aliphatic rings. The Bertz CT molecular complexity index is 849. The molecule has 1 fully saturated rings. The van der Waals surface area contributed by atoms with E-state index < -0.39 is 5.97 Å². The fourth-order valence-corrected chi connectivity index (χ4v) is 2.77. The zero-order valence-corrected chi connectivity index (χ0v) is 16.1. The molecular formula is C21H22FNO6. The number of amides is 1. The Kier molecular flexibility index (Phi) is 7.02. The van der Waals surface area contributed by atoms with Crippen LogP contribution in [0.5, 0.6) is 11.5 Å². The van der Waals surface area contributed by atoms with Gasteiger partial charge in [-0.15, -0.1) is 0 Å². The summed E-state index contributed by atoms with van der Waals surface area (Å²) in [4.78, 5) is 26.1. The van der Waals surface area contributed by atoms with Gasteiger partial charge in [0.25, 0.3) is 5.91 Å². The minimum absolute atomic E-state index is 0.0216. The van der Waals surface area contributed by atoms with Crippen molar-refractivity contribution in [2.45, 2.75) is 6.61 Å². The third-order valence-corrected chi connectivity index (χ3v) is 4.40. The Morgan fingerprint density at radius 2 is 1.79 bits per heavy atom. The molecule has 0 spiro atoms. The third kappa shape index (κ3) is 5.68. The van der Waals surface area contributed by atoms with Gasteiger partial charge in [0.05, 0.1) is 25.9 Å². The van der Waals surface area contributed by atoms with Crippen LogP contribution >= 0.6 is 0 Å². The fourth-order valence-electron chi connectivity index (χ4n) is 2.77. The number of hydrogen-bond acceptors (Lipinski definition) is 6. The van der Waals surface area contributed by atoms with Gasteiger partial charge in [-0.1, -0.05) is 12.1 Å². The summed E-state index contributed by atoms with van der Waals surface area (Å²) in [6.45, 7) is 2.00. The summed E-state index contributed by atoms with van der Waals surface area (Å²) in [5, 5.41) is 0. The molecule has 1 saturated heterocycles. The van der Waals surface area contributed by atoms with Crippen LogP contribution in [-0.4, -0.2) is 56.8 Å². The van der Waals surface area contributed by atoms with E-state index in [0.29, 0.717) is 43.4 Å². The first kappa shape index (κ1) is 20.6. The SMILES string of the molecule is COc1cc(C(=O)OCc2ccc(F)cc2)ccc1OCC(=O)N1CCOCC1. The topological polar surface area (TPSA) is 74.3 Å². The molecule has 0 atom stereocenters. The molecule has 0 N–H and O–H groups in total. The zero-order valence-electron chi connectivity index (χ0n) is 16.1. The number of carbonyl (C=O) groups excluding carboxylic acids is 2. The van der Waals surface area contributed by atoms with Gasteiger partial charge in [0, 0.05) is 13.1 Å². The number of morpholine rings is 1. The number of esters is 1. The molecule has 0 bridgehead atoms. The van der Waals surface area contributed by atoms with Crippen LogP contribution in [-0.2, 0) is 20.9 Å². The number of rotatable bonds is 7. The molecule has 7 nitrogen and oxygen atoms in total. The van der Waals surface area contributed by atoms with E-state index in [4.69, 9.17) is 18.9 Å². The van der Waals surface area contributed by atoms with E-state index in [2.05, 4.69) is 0 Å². The number of nitrogens with zero attached hydrogens (tertiary/aromatic N) is 1. The summed E-state index contributed by atoms with van der Waals surface area (Å²) in [6.07, 6.45) is 0. The monoisotopic (exact) mass is 403 g/mol. The molecule has 0 radical (unpaired) electrons. The first-order valence-electron chi connectivity index (χ1n) is 9.15. The minimum atomic E-state index is -0.552. The van der Waals surface area contributed by atoms with Crippen molar-refractivity contribution >= 4 is 11.9 Å². The molecule has 1 amide bonds. The second-order valence-corrected chi connectivity index (χ2v) is 6.35. The zero-order chi connectivity index (χ0) is 20.6. The normalized spacial score (nSPS) is 13.7. The quantitative estimate of drug-likeness (QED) is 0.661. The van der Waals surface area contributed by atoms with Crippen LogP contribution in [0.4, 0.5) is 4.39 Å². The van der Waals surface area contributed by atoms with E-state index in [9.17, 15) is 14.0 Å². The van der Waals surface area contributed by atoms with Crippen LogP contribution in [0.25, 0.3) is 0 Å². The van der Waals surface area contributed by atoms with Crippen molar-refractivity contribution < 1.29 is 32.9 Å². The van der Waals surface area contributed by atoms with Crippen molar-refractivity contribution in [2.75, 3.05) is 40.0 Å². The second kappa shape index (κ2) is 9.88. The van der Waals surface area contributed by atoms with Crippen molar-refractivity contribution in [2.24, 2.45) is 0 Å². The van der Waals surface area contributed by atoms with E-state index >= 15 is 0 Å². The van der Waals surface area contributed by atoms with Crippen molar-refractivity contribution in [3.05, 3.63) is 59.4 Å². The molecule has 0 aromatic heterocycles. The maximum absolute atomic E-state index is 12.9. The molecular weight excluding hydrogens is 381 g/mol. The molecule has 0 aliphatic carbocycles. The molecule has 2 aromatic carbocycles. The standard InChI is InChI=1S/C21H22FNO6/c1-26-19-12-16(21(25)29-13-15-2-5-17(22)6-3-15)4-7-18(19)28-14-20(24)23-8-10-27-11-9-23/h2-7,12H,8-11,13-14H2,1H3. The summed E-state index contributed by atoms with van der Waals surface area (Å²) >= 11 is 0. The van der Waals surface area contributed by atoms with Crippen molar-refractivity contribution in [1.82, 2.24) is 4.90 Å². The van der Waals surface area contributed by atoms with Crippen LogP contribution < -0.4 is 9.47 Å². The smallest absolute Gasteiger partial charge is 0.338 e. The van der Waals surface area contributed by atoms with Gasteiger partial charge in [-0.05, 0) is 35.9 Å². The number of benzene rings is 2. The summed E-state index contributed by atoms with van der Waals surface area (Å²) < 4.78 is 34.2. The Morgan fingerprint density at radius 1 is 1.07 bits per heavy atom. The summed E-state index contributed by atoms with van der Waals surface area (Å²) in [5.41, 5.74) is 0.948. The maximum Gasteiger partial charge on any atom is 0.338 e. The lowest BCUT2D eigenvalue weighted by atomic mass is 10.2. The van der Waals surface area contributed by atoms with Crippen molar-refractivity contribution in [3.63, 3.8) is 0 Å². The van der Waals surface area contributed by atoms with Gasteiger partial charge in [-0.2, -0.15) is 0 Å². The lowest BCUT2D eigenvalue weighted by Crippen LogP contribution is -2.43.